The number of hydrogen-bond acceptors (Lipinski definition) is 4. The van der Waals surface area contributed by atoms with Gasteiger partial charge in [-0.05, 0) is 0 Å². The zero-order chi connectivity index (χ0) is 10.4. The van der Waals surface area contributed by atoms with Crippen LogP contribution in [-0.4, -0.2) is 22.4 Å². The standard InChI is InChI=1S/C8H11N3OS2/c9-6(13)5-7(12)10-2-1-8-11-3-4-14-8/h3-4H,1-2,5H2,(H2,9,13)(H,10,12). The van der Waals surface area contributed by atoms with Crippen LogP contribution in [0.15, 0.2) is 11.6 Å². The fourth-order valence-electron chi connectivity index (χ4n) is 0.906. The summed E-state index contributed by atoms with van der Waals surface area (Å²) < 4.78 is 0. The second-order valence-electron chi connectivity index (χ2n) is 2.67. The molecule has 0 radical (unpaired) electrons. The van der Waals surface area contributed by atoms with Crippen molar-refractivity contribution in [1.29, 1.82) is 0 Å². The Morgan fingerprint density at radius 2 is 2.50 bits per heavy atom. The maximum Gasteiger partial charge on any atom is 0.226 e. The van der Waals surface area contributed by atoms with Gasteiger partial charge in [0.05, 0.1) is 16.4 Å². The van der Waals surface area contributed by atoms with Crippen molar-refractivity contribution in [2.45, 2.75) is 12.8 Å². The molecule has 1 amide bonds. The SMILES string of the molecule is NC(=S)CC(=O)NCCc1nccs1. The molecule has 1 rings (SSSR count). The lowest BCUT2D eigenvalue weighted by Crippen LogP contribution is -2.29. The second-order valence-corrected chi connectivity index (χ2v) is 4.17. The van der Waals surface area contributed by atoms with Crippen molar-refractivity contribution in [3.05, 3.63) is 16.6 Å². The van der Waals surface area contributed by atoms with Crippen LogP contribution in [-0.2, 0) is 11.2 Å². The summed E-state index contributed by atoms with van der Waals surface area (Å²) in [6.45, 7) is 0.578. The molecule has 4 nitrogen and oxygen atoms in total. The van der Waals surface area contributed by atoms with Crippen molar-refractivity contribution >= 4 is 34.5 Å². The van der Waals surface area contributed by atoms with Gasteiger partial charge in [0.1, 0.15) is 0 Å². The van der Waals surface area contributed by atoms with Crippen LogP contribution in [0.5, 0.6) is 0 Å². The number of rotatable bonds is 5. The van der Waals surface area contributed by atoms with E-state index in [0.29, 0.717) is 6.54 Å². The molecular weight excluding hydrogens is 218 g/mol. The third-order valence-corrected chi connectivity index (χ3v) is 2.46. The monoisotopic (exact) mass is 229 g/mol. The average Bonchev–Trinajstić information content (AvgIpc) is 2.55. The number of thiazole rings is 1. The Bertz CT molecular complexity index is 310. The Labute approximate surface area is 91.5 Å². The van der Waals surface area contributed by atoms with Gasteiger partial charge in [0.25, 0.3) is 0 Å². The minimum absolute atomic E-state index is 0.118. The Hall–Kier alpha value is -1.01. The van der Waals surface area contributed by atoms with Crippen LogP contribution in [0.2, 0.25) is 0 Å². The van der Waals surface area contributed by atoms with E-state index >= 15 is 0 Å². The Kier molecular flexibility index (Phi) is 4.48. The fraction of sp³-hybridized carbons (Fsp3) is 0.375. The Morgan fingerprint density at radius 3 is 3.07 bits per heavy atom. The highest BCUT2D eigenvalue weighted by molar-refractivity contribution is 7.80. The van der Waals surface area contributed by atoms with Gasteiger partial charge in [0.2, 0.25) is 5.91 Å². The van der Waals surface area contributed by atoms with Gasteiger partial charge < -0.3 is 11.1 Å². The van der Waals surface area contributed by atoms with Crippen LogP contribution in [0, 0.1) is 0 Å². The van der Waals surface area contributed by atoms with Gasteiger partial charge in [-0.1, -0.05) is 12.2 Å². The molecule has 0 unspecified atom stereocenters. The number of amides is 1. The highest BCUT2D eigenvalue weighted by Gasteiger charge is 2.02. The predicted octanol–water partition coefficient (Wildman–Crippen LogP) is 0.478. The van der Waals surface area contributed by atoms with Crippen LogP contribution >= 0.6 is 23.6 Å². The largest absolute Gasteiger partial charge is 0.393 e. The lowest BCUT2D eigenvalue weighted by molar-refractivity contribution is -0.119. The molecule has 0 saturated heterocycles. The summed E-state index contributed by atoms with van der Waals surface area (Å²) >= 11 is 6.18. The van der Waals surface area contributed by atoms with E-state index in [4.69, 9.17) is 5.73 Å². The first-order chi connectivity index (χ1) is 6.68. The smallest absolute Gasteiger partial charge is 0.226 e. The topological polar surface area (TPSA) is 68.0 Å². The summed E-state index contributed by atoms with van der Waals surface area (Å²) in [5.74, 6) is -0.131. The first-order valence-corrected chi connectivity index (χ1v) is 5.40. The summed E-state index contributed by atoms with van der Waals surface area (Å²) in [7, 11) is 0. The van der Waals surface area contributed by atoms with Gasteiger partial charge in [-0.15, -0.1) is 11.3 Å². The molecule has 0 aliphatic carbocycles. The molecule has 0 aromatic carbocycles. The van der Waals surface area contributed by atoms with Gasteiger partial charge >= 0.3 is 0 Å². The normalized spacial score (nSPS) is 9.71. The van der Waals surface area contributed by atoms with E-state index in [2.05, 4.69) is 22.5 Å². The number of nitrogens with zero attached hydrogens (tertiary/aromatic N) is 1. The number of nitrogens with two attached hydrogens (primary N) is 1. The molecule has 0 spiro atoms. The Balaban J connectivity index is 2.15. The zero-order valence-corrected chi connectivity index (χ0v) is 9.16. The zero-order valence-electron chi connectivity index (χ0n) is 7.53. The summed E-state index contributed by atoms with van der Waals surface area (Å²) in [5.41, 5.74) is 5.22. The maximum absolute atomic E-state index is 11.1. The molecule has 0 aliphatic rings. The van der Waals surface area contributed by atoms with E-state index in [9.17, 15) is 4.79 Å². The average molecular weight is 229 g/mol. The molecule has 76 valence electrons. The van der Waals surface area contributed by atoms with E-state index in [-0.39, 0.29) is 17.3 Å². The quantitative estimate of drug-likeness (QED) is 0.721. The van der Waals surface area contributed by atoms with E-state index in [1.807, 2.05) is 5.38 Å². The van der Waals surface area contributed by atoms with Gasteiger partial charge in [-0.3, -0.25) is 4.79 Å². The first kappa shape index (κ1) is 11.1. The van der Waals surface area contributed by atoms with Crippen LogP contribution < -0.4 is 11.1 Å². The lowest BCUT2D eigenvalue weighted by atomic mass is 10.4. The molecule has 1 aromatic heterocycles. The molecule has 0 aliphatic heterocycles. The molecule has 14 heavy (non-hydrogen) atoms. The molecule has 1 heterocycles. The second kappa shape index (κ2) is 5.66. The van der Waals surface area contributed by atoms with Crippen molar-refractivity contribution in [3.63, 3.8) is 0 Å². The van der Waals surface area contributed by atoms with Gasteiger partial charge in [-0.2, -0.15) is 0 Å². The van der Waals surface area contributed by atoms with E-state index in [1.165, 1.54) is 0 Å². The summed E-state index contributed by atoms with van der Waals surface area (Å²) in [6.07, 6.45) is 2.62. The number of carbonyl (C=O) groups is 1. The molecule has 0 fully saturated rings. The first-order valence-electron chi connectivity index (χ1n) is 4.12. The summed E-state index contributed by atoms with van der Waals surface area (Å²) in [6, 6.07) is 0. The van der Waals surface area contributed by atoms with Crippen molar-refractivity contribution in [2.75, 3.05) is 6.54 Å². The fourth-order valence-corrected chi connectivity index (χ4v) is 1.66. The lowest BCUT2D eigenvalue weighted by Gasteiger charge is -2.01. The van der Waals surface area contributed by atoms with Gasteiger partial charge in [-0.25, -0.2) is 4.98 Å². The third kappa shape index (κ3) is 4.29. The van der Waals surface area contributed by atoms with Crippen molar-refractivity contribution in [3.8, 4) is 0 Å². The van der Waals surface area contributed by atoms with Crippen molar-refractivity contribution in [2.24, 2.45) is 5.73 Å². The molecular formula is C8H11N3OS2. The number of aromatic nitrogens is 1. The minimum Gasteiger partial charge on any atom is -0.393 e. The van der Waals surface area contributed by atoms with Crippen molar-refractivity contribution in [1.82, 2.24) is 10.3 Å². The highest BCUT2D eigenvalue weighted by Crippen LogP contribution is 2.03. The highest BCUT2D eigenvalue weighted by atomic mass is 32.1. The molecule has 6 heteroatoms. The maximum atomic E-state index is 11.1. The minimum atomic E-state index is -0.131. The van der Waals surface area contributed by atoms with Crippen LogP contribution in [0.3, 0.4) is 0 Å². The molecule has 0 atom stereocenters. The molecule has 3 N–H and O–H groups in total. The van der Waals surface area contributed by atoms with Gasteiger partial charge in [0.15, 0.2) is 0 Å². The molecule has 0 saturated carbocycles. The third-order valence-electron chi connectivity index (χ3n) is 1.48. The molecule has 1 aromatic rings. The van der Waals surface area contributed by atoms with E-state index < -0.39 is 0 Å². The van der Waals surface area contributed by atoms with Gasteiger partial charge in [0, 0.05) is 24.5 Å². The number of hydrogen-bond donors (Lipinski definition) is 2. The Morgan fingerprint density at radius 1 is 1.71 bits per heavy atom. The summed E-state index contributed by atoms with van der Waals surface area (Å²) in [5, 5.41) is 5.64. The number of thiocarbonyl (C=S) groups is 1. The molecule has 0 bridgehead atoms. The van der Waals surface area contributed by atoms with Crippen LogP contribution in [0.1, 0.15) is 11.4 Å². The van der Waals surface area contributed by atoms with Crippen LogP contribution in [0.25, 0.3) is 0 Å². The number of nitrogens with one attached hydrogen (secondary N) is 1. The van der Waals surface area contributed by atoms with Crippen molar-refractivity contribution < 1.29 is 4.79 Å². The van der Waals surface area contributed by atoms with E-state index in [0.717, 1.165) is 11.4 Å². The van der Waals surface area contributed by atoms with E-state index in [1.54, 1.807) is 17.5 Å². The summed E-state index contributed by atoms with van der Waals surface area (Å²) in [4.78, 5) is 15.4. The predicted molar refractivity (Wildman–Crippen MR) is 60.2 cm³/mol. The van der Waals surface area contributed by atoms with Crippen LogP contribution in [0.4, 0.5) is 0 Å². The number of carbonyl (C=O) groups excluding carboxylic acids is 1.